The third-order valence-corrected chi connectivity index (χ3v) is 4.16. The van der Waals surface area contributed by atoms with Gasteiger partial charge in [-0.15, -0.1) is 0 Å². The molecule has 0 aromatic heterocycles. The molecule has 2 rings (SSSR count). The van der Waals surface area contributed by atoms with Gasteiger partial charge in [-0.3, -0.25) is 4.90 Å². The average molecular weight is 313 g/mol. The zero-order valence-electron chi connectivity index (χ0n) is 11.0. The minimum atomic E-state index is 0.549. The van der Waals surface area contributed by atoms with E-state index in [0.717, 1.165) is 42.0 Å². The Bertz CT molecular complexity index is 410. The molecular weight excluding hydrogens is 292 g/mol. The summed E-state index contributed by atoms with van der Waals surface area (Å²) in [6.07, 6.45) is 0. The minimum absolute atomic E-state index is 0.549. The van der Waals surface area contributed by atoms with Crippen LogP contribution in [0.15, 0.2) is 22.7 Å². The van der Waals surface area contributed by atoms with Crippen LogP contribution in [0.25, 0.3) is 0 Å². The van der Waals surface area contributed by atoms with E-state index in [1.807, 2.05) is 18.2 Å². The molecule has 5 heteroatoms. The summed E-state index contributed by atoms with van der Waals surface area (Å²) in [5.74, 6) is 0. The van der Waals surface area contributed by atoms with Crippen molar-refractivity contribution >= 4 is 27.3 Å². The van der Waals surface area contributed by atoms with Crippen LogP contribution in [0, 0.1) is 0 Å². The normalized spacial score (nSPS) is 22.1. The topological polar surface area (TPSA) is 44.5 Å². The summed E-state index contributed by atoms with van der Waals surface area (Å²) in [5.41, 5.74) is 7.62. The maximum Gasteiger partial charge on any atom is 0.0486 e. The number of benzene rings is 1. The molecule has 1 aliphatic heterocycles. The lowest BCUT2D eigenvalue weighted by atomic mass is 10.2. The SMILES string of the molecule is CN1CCN(C)C(CNc2ccc(N)cc2Br)C1. The zero-order chi connectivity index (χ0) is 13.1. The molecule has 4 nitrogen and oxygen atoms in total. The fourth-order valence-corrected chi connectivity index (χ4v) is 2.76. The molecule has 1 aromatic rings. The van der Waals surface area contributed by atoms with E-state index in [9.17, 15) is 0 Å². The van der Waals surface area contributed by atoms with Crippen molar-refractivity contribution in [3.63, 3.8) is 0 Å². The lowest BCUT2D eigenvalue weighted by Crippen LogP contribution is -2.52. The Hall–Kier alpha value is -0.780. The van der Waals surface area contributed by atoms with E-state index < -0.39 is 0 Å². The van der Waals surface area contributed by atoms with Crippen LogP contribution in [-0.2, 0) is 0 Å². The van der Waals surface area contributed by atoms with Crippen molar-refractivity contribution in [2.75, 3.05) is 51.3 Å². The number of likely N-dealkylation sites (N-methyl/N-ethyl adjacent to an activating group) is 2. The molecule has 1 heterocycles. The summed E-state index contributed by atoms with van der Waals surface area (Å²) in [4.78, 5) is 4.79. The number of anilines is 2. The molecule has 0 radical (unpaired) electrons. The van der Waals surface area contributed by atoms with E-state index in [1.165, 1.54) is 0 Å². The van der Waals surface area contributed by atoms with E-state index in [1.54, 1.807) is 0 Å². The number of nitrogens with zero attached hydrogens (tertiary/aromatic N) is 2. The Morgan fingerprint density at radius 2 is 2.17 bits per heavy atom. The lowest BCUT2D eigenvalue weighted by molar-refractivity contribution is 0.122. The number of nitrogen functional groups attached to an aromatic ring is 1. The number of piperazine rings is 1. The Labute approximate surface area is 117 Å². The first-order valence-corrected chi connectivity index (χ1v) is 7.03. The van der Waals surface area contributed by atoms with Gasteiger partial charge < -0.3 is 16.0 Å². The molecule has 1 fully saturated rings. The van der Waals surface area contributed by atoms with Gasteiger partial charge in [0.05, 0.1) is 0 Å². The van der Waals surface area contributed by atoms with Crippen molar-refractivity contribution in [2.45, 2.75) is 6.04 Å². The largest absolute Gasteiger partial charge is 0.399 e. The van der Waals surface area contributed by atoms with Crippen LogP contribution in [-0.4, -0.2) is 56.1 Å². The van der Waals surface area contributed by atoms with Crippen molar-refractivity contribution < 1.29 is 0 Å². The van der Waals surface area contributed by atoms with Crippen LogP contribution in [0.2, 0.25) is 0 Å². The number of rotatable bonds is 3. The quantitative estimate of drug-likeness (QED) is 0.834. The third kappa shape index (κ3) is 3.37. The van der Waals surface area contributed by atoms with Gasteiger partial charge in [-0.05, 0) is 48.2 Å². The van der Waals surface area contributed by atoms with Crippen LogP contribution in [0.1, 0.15) is 0 Å². The molecule has 0 aliphatic carbocycles. The van der Waals surface area contributed by atoms with Crippen LogP contribution in [0.5, 0.6) is 0 Å². The van der Waals surface area contributed by atoms with Gasteiger partial charge in [0.2, 0.25) is 0 Å². The van der Waals surface area contributed by atoms with E-state index in [4.69, 9.17) is 5.73 Å². The molecule has 1 aliphatic rings. The standard InChI is InChI=1S/C13H21BrN4/c1-17-5-6-18(2)11(9-17)8-16-13-4-3-10(15)7-12(13)14/h3-4,7,11,16H,5-6,8-9,15H2,1-2H3. The van der Waals surface area contributed by atoms with Gasteiger partial charge in [0.25, 0.3) is 0 Å². The second-order valence-corrected chi connectivity index (χ2v) is 5.87. The van der Waals surface area contributed by atoms with Crippen LogP contribution >= 0.6 is 15.9 Å². The highest BCUT2D eigenvalue weighted by molar-refractivity contribution is 9.10. The second-order valence-electron chi connectivity index (χ2n) is 5.02. The molecule has 3 N–H and O–H groups in total. The summed E-state index contributed by atoms with van der Waals surface area (Å²) in [5, 5.41) is 3.49. The average Bonchev–Trinajstić information content (AvgIpc) is 2.32. The molecule has 0 bridgehead atoms. The van der Waals surface area contributed by atoms with Gasteiger partial charge in [0.15, 0.2) is 0 Å². The lowest BCUT2D eigenvalue weighted by Gasteiger charge is -2.38. The first-order chi connectivity index (χ1) is 8.56. The zero-order valence-corrected chi connectivity index (χ0v) is 12.6. The van der Waals surface area contributed by atoms with Gasteiger partial charge in [-0.2, -0.15) is 0 Å². The summed E-state index contributed by atoms with van der Waals surface area (Å²) >= 11 is 3.53. The summed E-state index contributed by atoms with van der Waals surface area (Å²) in [6, 6.07) is 6.42. The monoisotopic (exact) mass is 312 g/mol. The van der Waals surface area contributed by atoms with Gasteiger partial charge in [-0.25, -0.2) is 0 Å². The smallest absolute Gasteiger partial charge is 0.0486 e. The first-order valence-electron chi connectivity index (χ1n) is 6.24. The molecule has 18 heavy (non-hydrogen) atoms. The first kappa shape index (κ1) is 13.6. The van der Waals surface area contributed by atoms with Crippen LogP contribution in [0.4, 0.5) is 11.4 Å². The molecule has 1 unspecified atom stereocenters. The predicted octanol–water partition coefficient (Wildman–Crippen LogP) is 1.69. The number of hydrogen-bond donors (Lipinski definition) is 2. The highest BCUT2D eigenvalue weighted by atomic mass is 79.9. The summed E-state index contributed by atoms with van der Waals surface area (Å²) in [6.45, 7) is 4.34. The van der Waals surface area contributed by atoms with E-state index >= 15 is 0 Å². The van der Waals surface area contributed by atoms with Crippen LogP contribution in [0.3, 0.4) is 0 Å². The molecule has 0 spiro atoms. The molecular formula is C13H21BrN4. The van der Waals surface area contributed by atoms with Gasteiger partial charge >= 0.3 is 0 Å². The van der Waals surface area contributed by atoms with Crippen molar-refractivity contribution in [3.8, 4) is 0 Å². The molecule has 1 aromatic carbocycles. The fraction of sp³-hybridized carbons (Fsp3) is 0.538. The molecule has 1 atom stereocenters. The maximum absolute atomic E-state index is 5.73. The van der Waals surface area contributed by atoms with Gasteiger partial charge in [0.1, 0.15) is 0 Å². The van der Waals surface area contributed by atoms with Crippen molar-refractivity contribution in [1.82, 2.24) is 9.80 Å². The second kappa shape index (κ2) is 5.91. The minimum Gasteiger partial charge on any atom is -0.399 e. The highest BCUT2D eigenvalue weighted by Crippen LogP contribution is 2.24. The van der Waals surface area contributed by atoms with Crippen molar-refractivity contribution in [3.05, 3.63) is 22.7 Å². The number of halogens is 1. The maximum atomic E-state index is 5.73. The van der Waals surface area contributed by atoms with Crippen LogP contribution < -0.4 is 11.1 Å². The number of nitrogens with one attached hydrogen (secondary N) is 1. The third-order valence-electron chi connectivity index (χ3n) is 3.50. The Kier molecular flexibility index (Phi) is 4.48. The van der Waals surface area contributed by atoms with Gasteiger partial charge in [-0.1, -0.05) is 0 Å². The Balaban J connectivity index is 1.94. The van der Waals surface area contributed by atoms with Crippen molar-refractivity contribution in [2.24, 2.45) is 0 Å². The number of hydrogen-bond acceptors (Lipinski definition) is 4. The van der Waals surface area contributed by atoms with Gasteiger partial charge in [0, 0.05) is 48.1 Å². The van der Waals surface area contributed by atoms with Crippen molar-refractivity contribution in [1.29, 1.82) is 0 Å². The highest BCUT2D eigenvalue weighted by Gasteiger charge is 2.21. The van der Waals surface area contributed by atoms with E-state index in [2.05, 4.69) is 45.1 Å². The fourth-order valence-electron chi connectivity index (χ4n) is 2.22. The molecule has 100 valence electrons. The van der Waals surface area contributed by atoms with E-state index in [-0.39, 0.29) is 0 Å². The summed E-state index contributed by atoms with van der Waals surface area (Å²) in [7, 11) is 4.37. The molecule has 0 saturated carbocycles. The Morgan fingerprint density at radius 3 is 2.89 bits per heavy atom. The van der Waals surface area contributed by atoms with E-state index in [0.29, 0.717) is 6.04 Å². The Morgan fingerprint density at radius 1 is 1.39 bits per heavy atom. The molecule has 0 amide bonds. The number of nitrogens with two attached hydrogens (primary N) is 1. The molecule has 1 saturated heterocycles. The summed E-state index contributed by atoms with van der Waals surface area (Å²) < 4.78 is 1.02. The predicted molar refractivity (Wildman–Crippen MR) is 81.0 cm³/mol.